The highest BCUT2D eigenvalue weighted by atomic mass is 32.1. The van der Waals surface area contributed by atoms with Gasteiger partial charge in [0.1, 0.15) is 11.2 Å². The molecule has 49 heavy (non-hydrogen) atoms. The fourth-order valence-corrected chi connectivity index (χ4v) is 8.33. The SMILES string of the molecule is CC1(C)c2ccc(-c3cccc4c3oc3c(-c5nc(-c6ccccc6)nc(-c6ccccc6)n5)cccc34)cc2-c2c1ccc1ncsc21. The van der Waals surface area contributed by atoms with E-state index in [1.165, 1.54) is 27.0 Å². The highest BCUT2D eigenvalue weighted by Crippen LogP contribution is 2.53. The highest BCUT2D eigenvalue weighted by molar-refractivity contribution is 7.17. The van der Waals surface area contributed by atoms with Crippen molar-refractivity contribution < 1.29 is 4.42 Å². The molecule has 5 nitrogen and oxygen atoms in total. The monoisotopic (exact) mass is 648 g/mol. The summed E-state index contributed by atoms with van der Waals surface area (Å²) in [6.07, 6.45) is 0. The lowest BCUT2D eigenvalue weighted by molar-refractivity contribution is 0.661. The van der Waals surface area contributed by atoms with E-state index in [2.05, 4.69) is 79.5 Å². The van der Waals surface area contributed by atoms with E-state index in [1.54, 1.807) is 11.3 Å². The van der Waals surface area contributed by atoms with E-state index in [4.69, 9.17) is 19.4 Å². The van der Waals surface area contributed by atoms with Crippen molar-refractivity contribution in [3.63, 3.8) is 0 Å². The molecule has 9 aromatic rings. The van der Waals surface area contributed by atoms with Gasteiger partial charge in [0.15, 0.2) is 17.5 Å². The fraction of sp³-hybridized carbons (Fsp3) is 0.0698. The summed E-state index contributed by atoms with van der Waals surface area (Å²) in [5.74, 6) is 1.81. The van der Waals surface area contributed by atoms with E-state index in [-0.39, 0.29) is 5.41 Å². The van der Waals surface area contributed by atoms with Gasteiger partial charge in [0.2, 0.25) is 0 Å². The zero-order chi connectivity index (χ0) is 32.7. The van der Waals surface area contributed by atoms with Crippen molar-refractivity contribution in [3.8, 4) is 56.4 Å². The molecule has 6 aromatic carbocycles. The third kappa shape index (κ3) is 4.24. The van der Waals surface area contributed by atoms with E-state index in [1.807, 2.05) is 72.2 Å². The Bertz CT molecular complexity index is 2690. The van der Waals surface area contributed by atoms with Crippen LogP contribution in [0.25, 0.3) is 88.6 Å². The van der Waals surface area contributed by atoms with Gasteiger partial charge in [0.25, 0.3) is 0 Å². The normalized spacial score (nSPS) is 13.3. The zero-order valence-electron chi connectivity index (χ0n) is 26.8. The first kappa shape index (κ1) is 28.1. The molecule has 6 heteroatoms. The summed E-state index contributed by atoms with van der Waals surface area (Å²) in [7, 11) is 0. The van der Waals surface area contributed by atoms with E-state index in [0.29, 0.717) is 17.5 Å². The third-order valence-corrected chi connectivity index (χ3v) is 10.8. The van der Waals surface area contributed by atoms with Crippen LogP contribution in [0.2, 0.25) is 0 Å². The van der Waals surface area contributed by atoms with Crippen molar-refractivity contribution in [3.05, 3.63) is 144 Å². The topological polar surface area (TPSA) is 64.7 Å². The summed E-state index contributed by atoms with van der Waals surface area (Å²) in [4.78, 5) is 19.5. The standard InChI is InChI=1S/C43H28N4OS/c1-43(2)33-20-19-27(23-32(33)36-34(43)21-22-35-39(36)49-24-44-35)28-15-9-16-29-30-17-10-18-31(38(30)48-37(28)29)42-46-40(25-11-5-3-6-12-25)45-41(47-42)26-13-7-4-8-14-26/h3-24H,1-2H3. The molecule has 0 saturated carbocycles. The molecular formula is C43H28N4OS. The van der Waals surface area contributed by atoms with E-state index in [9.17, 15) is 0 Å². The largest absolute Gasteiger partial charge is 0.455 e. The Morgan fingerprint density at radius 3 is 1.84 bits per heavy atom. The predicted molar refractivity (Wildman–Crippen MR) is 200 cm³/mol. The number of nitrogens with zero attached hydrogens (tertiary/aromatic N) is 4. The van der Waals surface area contributed by atoms with Crippen LogP contribution in [0.15, 0.2) is 137 Å². The Balaban J connectivity index is 1.17. The Morgan fingerprint density at radius 2 is 1.14 bits per heavy atom. The quantitative estimate of drug-likeness (QED) is 0.190. The molecule has 1 aliphatic carbocycles. The minimum atomic E-state index is -0.0939. The molecule has 0 radical (unpaired) electrons. The minimum Gasteiger partial charge on any atom is -0.455 e. The van der Waals surface area contributed by atoms with Gasteiger partial charge in [-0.2, -0.15) is 0 Å². The molecule has 0 atom stereocenters. The predicted octanol–water partition coefficient (Wildman–Crippen LogP) is 11.4. The van der Waals surface area contributed by atoms with Crippen molar-refractivity contribution >= 4 is 43.5 Å². The van der Waals surface area contributed by atoms with E-state index in [0.717, 1.165) is 55.3 Å². The van der Waals surface area contributed by atoms with Gasteiger partial charge >= 0.3 is 0 Å². The average Bonchev–Trinajstić information content (AvgIpc) is 3.85. The molecule has 3 aromatic heterocycles. The Hall–Kier alpha value is -5.98. The second-order valence-corrected chi connectivity index (χ2v) is 13.9. The Labute approximate surface area is 286 Å². The number of rotatable bonds is 4. The zero-order valence-corrected chi connectivity index (χ0v) is 27.6. The van der Waals surface area contributed by atoms with E-state index < -0.39 is 0 Å². The van der Waals surface area contributed by atoms with Crippen LogP contribution in [0.5, 0.6) is 0 Å². The lowest BCUT2D eigenvalue weighted by atomic mass is 9.82. The van der Waals surface area contributed by atoms with Gasteiger partial charge < -0.3 is 4.42 Å². The average molecular weight is 649 g/mol. The summed E-state index contributed by atoms with van der Waals surface area (Å²) < 4.78 is 8.14. The number of hydrogen-bond acceptors (Lipinski definition) is 6. The van der Waals surface area contributed by atoms with Crippen LogP contribution < -0.4 is 0 Å². The van der Waals surface area contributed by atoms with Gasteiger partial charge in [-0.3, -0.25) is 0 Å². The van der Waals surface area contributed by atoms with Gasteiger partial charge in [-0.15, -0.1) is 11.3 Å². The maximum absolute atomic E-state index is 6.89. The molecule has 0 unspecified atom stereocenters. The van der Waals surface area contributed by atoms with Crippen LogP contribution in [0.3, 0.4) is 0 Å². The van der Waals surface area contributed by atoms with Crippen LogP contribution in [0.1, 0.15) is 25.0 Å². The van der Waals surface area contributed by atoms with Gasteiger partial charge in [-0.1, -0.05) is 123 Å². The number of fused-ring (bicyclic) bond motifs is 8. The van der Waals surface area contributed by atoms with Crippen molar-refractivity contribution in [2.75, 3.05) is 0 Å². The molecule has 0 saturated heterocycles. The van der Waals surface area contributed by atoms with Crippen LogP contribution in [0, 0.1) is 0 Å². The second-order valence-electron chi connectivity index (χ2n) is 13.1. The number of para-hydroxylation sites is 2. The summed E-state index contributed by atoms with van der Waals surface area (Å²) >= 11 is 1.72. The number of hydrogen-bond donors (Lipinski definition) is 0. The number of aromatic nitrogens is 4. The van der Waals surface area contributed by atoms with E-state index >= 15 is 0 Å². The summed E-state index contributed by atoms with van der Waals surface area (Å²) in [6.45, 7) is 4.64. The molecule has 10 rings (SSSR count). The molecule has 0 amide bonds. The molecule has 3 heterocycles. The summed E-state index contributed by atoms with van der Waals surface area (Å²) in [5.41, 5.74) is 14.6. The van der Waals surface area contributed by atoms with Gasteiger partial charge in [-0.25, -0.2) is 19.9 Å². The number of benzene rings is 6. The second kappa shape index (κ2) is 10.5. The smallest absolute Gasteiger partial charge is 0.167 e. The number of thiazole rings is 1. The maximum atomic E-state index is 6.89. The van der Waals surface area contributed by atoms with Gasteiger partial charge in [-0.05, 0) is 40.5 Å². The van der Waals surface area contributed by atoms with Crippen LogP contribution in [-0.4, -0.2) is 19.9 Å². The molecule has 0 N–H and O–H groups in total. The first-order chi connectivity index (χ1) is 24.0. The third-order valence-electron chi connectivity index (χ3n) is 9.91. The lowest BCUT2D eigenvalue weighted by Gasteiger charge is -2.21. The summed E-state index contributed by atoms with van der Waals surface area (Å²) in [6, 6.07) is 44.0. The molecular weight excluding hydrogens is 621 g/mol. The van der Waals surface area contributed by atoms with Crippen LogP contribution in [-0.2, 0) is 5.41 Å². The molecule has 0 bridgehead atoms. The molecule has 0 aliphatic heterocycles. The van der Waals surface area contributed by atoms with Crippen molar-refractivity contribution in [1.29, 1.82) is 0 Å². The maximum Gasteiger partial charge on any atom is 0.167 e. The minimum absolute atomic E-state index is 0.0939. The number of furan rings is 1. The van der Waals surface area contributed by atoms with Crippen LogP contribution >= 0.6 is 11.3 Å². The van der Waals surface area contributed by atoms with Crippen molar-refractivity contribution in [2.24, 2.45) is 0 Å². The van der Waals surface area contributed by atoms with Crippen molar-refractivity contribution in [1.82, 2.24) is 19.9 Å². The summed E-state index contributed by atoms with van der Waals surface area (Å²) in [5, 5.41) is 2.08. The van der Waals surface area contributed by atoms with Crippen molar-refractivity contribution in [2.45, 2.75) is 19.3 Å². The molecule has 0 fully saturated rings. The fourth-order valence-electron chi connectivity index (χ4n) is 7.48. The highest BCUT2D eigenvalue weighted by Gasteiger charge is 2.37. The first-order valence-corrected chi connectivity index (χ1v) is 17.3. The Morgan fingerprint density at radius 1 is 0.531 bits per heavy atom. The molecule has 1 aliphatic rings. The molecule has 0 spiro atoms. The first-order valence-electron chi connectivity index (χ1n) is 16.4. The van der Waals surface area contributed by atoms with Gasteiger partial charge in [0.05, 0.1) is 21.3 Å². The van der Waals surface area contributed by atoms with Crippen LogP contribution in [0.4, 0.5) is 0 Å². The van der Waals surface area contributed by atoms with Gasteiger partial charge in [0, 0.05) is 38.4 Å². The Kier molecular flexibility index (Phi) is 6.02. The molecule has 232 valence electrons. The lowest BCUT2D eigenvalue weighted by Crippen LogP contribution is -2.14.